The topological polar surface area (TPSA) is 113 Å². The van der Waals surface area contributed by atoms with Gasteiger partial charge >= 0.3 is 0 Å². The van der Waals surface area contributed by atoms with E-state index < -0.39 is 24.8 Å². The van der Waals surface area contributed by atoms with Crippen LogP contribution in [0.2, 0.25) is 0 Å². The summed E-state index contributed by atoms with van der Waals surface area (Å²) >= 11 is 0. The summed E-state index contributed by atoms with van der Waals surface area (Å²) in [7, 11) is -7.81. The first-order valence-electron chi connectivity index (χ1n) is 12.9. The summed E-state index contributed by atoms with van der Waals surface area (Å²) in [6, 6.07) is 23.9. The third-order valence-corrected chi connectivity index (χ3v) is 10.4. The van der Waals surface area contributed by atoms with Crippen molar-refractivity contribution in [2.75, 3.05) is 13.1 Å². The zero-order valence-corrected chi connectivity index (χ0v) is 23.6. The number of benzene rings is 3. The molecule has 0 bridgehead atoms. The molecule has 0 unspecified atom stereocenters. The lowest BCUT2D eigenvalue weighted by Gasteiger charge is -2.26. The molecule has 1 fully saturated rings. The van der Waals surface area contributed by atoms with Crippen molar-refractivity contribution in [1.82, 2.24) is 14.1 Å². The molecule has 0 saturated carbocycles. The first kappa shape index (κ1) is 27.5. The largest absolute Gasteiger partial charge is 0.243 e. The summed E-state index contributed by atoms with van der Waals surface area (Å²) in [5.41, 5.74) is 2.83. The number of nitrogens with zero attached hydrogens (tertiary/aromatic N) is 4. The summed E-state index contributed by atoms with van der Waals surface area (Å²) < 4.78 is 56.6. The Balaban J connectivity index is 1.64. The number of sulfone groups is 1. The van der Waals surface area contributed by atoms with Crippen LogP contribution in [0.3, 0.4) is 0 Å². The number of aromatic nitrogens is 2. The van der Waals surface area contributed by atoms with E-state index in [1.807, 2.05) is 43.3 Å². The van der Waals surface area contributed by atoms with Gasteiger partial charge in [0.15, 0.2) is 0 Å². The van der Waals surface area contributed by atoms with Gasteiger partial charge in [0.05, 0.1) is 15.5 Å². The van der Waals surface area contributed by atoms with Crippen molar-refractivity contribution in [3.8, 4) is 23.0 Å². The molecule has 0 spiro atoms. The molecule has 0 amide bonds. The molecule has 0 radical (unpaired) electrons. The summed E-state index contributed by atoms with van der Waals surface area (Å²) in [6.07, 6.45) is 5.58. The third-order valence-electron chi connectivity index (χ3n) is 6.84. The molecule has 40 heavy (non-hydrogen) atoms. The van der Waals surface area contributed by atoms with Gasteiger partial charge in [0, 0.05) is 30.4 Å². The van der Waals surface area contributed by atoms with Gasteiger partial charge in [-0.15, -0.1) is 0 Å². The van der Waals surface area contributed by atoms with Crippen molar-refractivity contribution >= 4 is 25.9 Å². The summed E-state index contributed by atoms with van der Waals surface area (Å²) in [5, 5.41) is 14.6. The number of hydrogen-bond donors (Lipinski definition) is 0. The fraction of sp³-hybridized carbons (Fsp3) is 0.200. The highest BCUT2D eigenvalue weighted by atomic mass is 32.2. The Hall–Kier alpha value is -4.04. The standard InChI is InChI=1S/C30H28N4O4S2/c1-23-13-15-27(16-14-23)39(35,36)29(21-31)20-25-22-34(26-10-4-2-5-11-26)32-30(25)24-9-8-12-28(19-24)40(37,38)33-17-6-3-7-18-33/h2,4-5,8-16,19-20,22H,3,6-7,17-18H2,1H3/b29-20-. The van der Waals surface area contributed by atoms with Crippen LogP contribution >= 0.6 is 0 Å². The zero-order chi connectivity index (χ0) is 28.3. The monoisotopic (exact) mass is 572 g/mol. The van der Waals surface area contributed by atoms with Crippen LogP contribution in [0.5, 0.6) is 0 Å². The molecule has 3 aromatic carbocycles. The number of para-hydroxylation sites is 1. The van der Waals surface area contributed by atoms with Crippen molar-refractivity contribution in [1.29, 1.82) is 5.26 Å². The highest BCUT2D eigenvalue weighted by Gasteiger charge is 2.27. The molecule has 1 aliphatic rings. The Kier molecular flexibility index (Phi) is 7.72. The second-order valence-corrected chi connectivity index (χ2v) is 13.5. The minimum absolute atomic E-state index is 0.0116. The van der Waals surface area contributed by atoms with Crippen LogP contribution in [0.4, 0.5) is 0 Å². The molecule has 5 rings (SSSR count). The quantitative estimate of drug-likeness (QED) is 0.276. The van der Waals surface area contributed by atoms with Gasteiger partial charge in [-0.25, -0.2) is 21.5 Å². The molecule has 204 valence electrons. The van der Waals surface area contributed by atoms with Crippen LogP contribution in [0.1, 0.15) is 30.4 Å². The highest BCUT2D eigenvalue weighted by molar-refractivity contribution is 7.95. The fourth-order valence-corrected chi connectivity index (χ4v) is 7.36. The van der Waals surface area contributed by atoms with E-state index in [1.54, 1.807) is 47.3 Å². The third kappa shape index (κ3) is 5.49. The average molecular weight is 573 g/mol. The predicted molar refractivity (Wildman–Crippen MR) is 154 cm³/mol. The maximum absolute atomic E-state index is 13.4. The number of hydrogen-bond acceptors (Lipinski definition) is 6. The van der Waals surface area contributed by atoms with Gasteiger partial charge in [0.25, 0.3) is 0 Å². The van der Waals surface area contributed by atoms with E-state index >= 15 is 0 Å². The van der Waals surface area contributed by atoms with Gasteiger partial charge in [0.2, 0.25) is 19.9 Å². The average Bonchev–Trinajstić information content (AvgIpc) is 3.41. The Morgan fingerprint density at radius 2 is 1.57 bits per heavy atom. The molecule has 4 aromatic rings. The van der Waals surface area contributed by atoms with Crippen LogP contribution in [0.15, 0.2) is 99.8 Å². The van der Waals surface area contributed by atoms with E-state index in [4.69, 9.17) is 5.10 Å². The van der Waals surface area contributed by atoms with E-state index in [1.165, 1.54) is 22.5 Å². The maximum atomic E-state index is 13.4. The van der Waals surface area contributed by atoms with Gasteiger partial charge in [-0.2, -0.15) is 14.7 Å². The molecule has 1 aromatic heterocycles. The first-order chi connectivity index (χ1) is 19.2. The van der Waals surface area contributed by atoms with Gasteiger partial charge in [0.1, 0.15) is 16.7 Å². The Labute approximate surface area is 234 Å². The predicted octanol–water partition coefficient (Wildman–Crippen LogP) is 5.36. The molecule has 2 heterocycles. The summed E-state index contributed by atoms with van der Waals surface area (Å²) in [4.78, 5) is -0.288. The van der Waals surface area contributed by atoms with Crippen molar-refractivity contribution in [3.63, 3.8) is 0 Å². The number of sulfonamides is 1. The lowest BCUT2D eigenvalue weighted by atomic mass is 10.1. The van der Waals surface area contributed by atoms with Crippen molar-refractivity contribution in [3.05, 3.63) is 101 Å². The van der Waals surface area contributed by atoms with E-state index in [2.05, 4.69) is 0 Å². The Morgan fingerprint density at radius 3 is 2.25 bits per heavy atom. The van der Waals surface area contributed by atoms with E-state index in [9.17, 15) is 22.1 Å². The smallest absolute Gasteiger partial charge is 0.240 e. The lowest BCUT2D eigenvalue weighted by Crippen LogP contribution is -2.35. The molecule has 0 atom stereocenters. The molecule has 0 aliphatic carbocycles. The highest BCUT2D eigenvalue weighted by Crippen LogP contribution is 2.31. The molecule has 10 heteroatoms. The summed E-state index contributed by atoms with van der Waals surface area (Å²) in [6.45, 7) is 2.80. The molecule has 1 saturated heterocycles. The second kappa shape index (κ2) is 11.2. The Bertz CT molecular complexity index is 1810. The van der Waals surface area contributed by atoms with Crippen LogP contribution < -0.4 is 0 Å². The van der Waals surface area contributed by atoms with Gasteiger partial charge in [-0.05, 0) is 62.2 Å². The molecular formula is C30H28N4O4S2. The lowest BCUT2D eigenvalue weighted by molar-refractivity contribution is 0.346. The number of aryl methyl sites for hydroxylation is 1. The van der Waals surface area contributed by atoms with Gasteiger partial charge in [-0.1, -0.05) is 54.4 Å². The van der Waals surface area contributed by atoms with Crippen molar-refractivity contribution < 1.29 is 16.8 Å². The minimum atomic E-state index is -4.11. The molecule has 8 nitrogen and oxygen atoms in total. The van der Waals surface area contributed by atoms with Gasteiger partial charge < -0.3 is 0 Å². The van der Waals surface area contributed by atoms with Gasteiger partial charge in [-0.3, -0.25) is 0 Å². The first-order valence-corrected chi connectivity index (χ1v) is 15.8. The number of nitriles is 1. The normalized spacial score (nSPS) is 15.1. The summed E-state index contributed by atoms with van der Waals surface area (Å²) in [5.74, 6) is 0. The number of rotatable bonds is 7. The van der Waals surface area contributed by atoms with E-state index in [0.29, 0.717) is 29.9 Å². The zero-order valence-electron chi connectivity index (χ0n) is 21.9. The SMILES string of the molecule is Cc1ccc(S(=O)(=O)/C(C#N)=C\c2cn(-c3ccccc3)nc2-c2cccc(S(=O)(=O)N3CCCCC3)c2)cc1. The van der Waals surface area contributed by atoms with Crippen LogP contribution in [-0.4, -0.2) is 44.0 Å². The Morgan fingerprint density at radius 1 is 0.875 bits per heavy atom. The molecular weight excluding hydrogens is 544 g/mol. The van der Waals surface area contributed by atoms with Crippen molar-refractivity contribution in [2.45, 2.75) is 36.0 Å². The molecule has 0 N–H and O–H groups in total. The van der Waals surface area contributed by atoms with Crippen LogP contribution in [0, 0.1) is 18.3 Å². The minimum Gasteiger partial charge on any atom is -0.240 e. The van der Waals surface area contributed by atoms with Crippen molar-refractivity contribution in [2.24, 2.45) is 0 Å². The van der Waals surface area contributed by atoms with E-state index in [0.717, 1.165) is 30.5 Å². The van der Waals surface area contributed by atoms with Crippen LogP contribution in [-0.2, 0) is 19.9 Å². The molecule has 1 aliphatic heterocycles. The van der Waals surface area contributed by atoms with Crippen LogP contribution in [0.25, 0.3) is 23.0 Å². The number of allylic oxidation sites excluding steroid dienone is 1. The van der Waals surface area contributed by atoms with E-state index in [-0.39, 0.29) is 9.79 Å². The maximum Gasteiger partial charge on any atom is 0.243 e. The second-order valence-electron chi connectivity index (χ2n) is 9.64. The number of piperidine rings is 1. The fourth-order valence-electron chi connectivity index (χ4n) is 4.64.